The van der Waals surface area contributed by atoms with Gasteiger partial charge in [0.1, 0.15) is 23.3 Å². The van der Waals surface area contributed by atoms with Crippen molar-refractivity contribution in [1.82, 2.24) is 30.2 Å². The molecule has 5 N–H and O–H groups in total. The number of imidazole rings is 1. The van der Waals surface area contributed by atoms with Gasteiger partial charge in [-0.1, -0.05) is 27.7 Å². The van der Waals surface area contributed by atoms with Gasteiger partial charge in [-0.15, -0.1) is 0 Å². The number of anilines is 1. The summed E-state index contributed by atoms with van der Waals surface area (Å²) in [6.07, 6.45) is 0.111. The molecule has 46 heavy (non-hydrogen) atoms. The first kappa shape index (κ1) is 37.8. The third kappa shape index (κ3) is 12.2. The normalized spacial score (nSPS) is 14.0. The van der Waals surface area contributed by atoms with Crippen LogP contribution in [0.1, 0.15) is 75.7 Å². The van der Waals surface area contributed by atoms with E-state index in [-0.39, 0.29) is 55.1 Å². The molecule has 2 aromatic heterocycles. The Morgan fingerprint density at radius 1 is 0.891 bits per heavy atom. The Morgan fingerprint density at radius 2 is 1.39 bits per heavy atom. The van der Waals surface area contributed by atoms with Crippen LogP contribution in [0.5, 0.6) is 0 Å². The molecule has 2 heterocycles. The van der Waals surface area contributed by atoms with Crippen molar-refractivity contribution in [1.29, 1.82) is 0 Å². The van der Waals surface area contributed by atoms with Crippen LogP contribution >= 0.6 is 0 Å². The standard InChI is InChI=1S/C30H49N7O9/c1-16(2)19(33-27(41)45-29(5,6)7)24(39)43-12-11-18(13-37-15-32-21-22(37)35-26(31)36-23(21)38)14-44-25(40)20(17(3)4)34-28(42)46-30(8,9)10/h15-20H,11-14H2,1-10H3,(H,33,41)(H,34,42)(H3,31,35,36,38)/t18-,19+,20+/m1/s1. The number of nitrogens with zero attached hydrogens (tertiary/aromatic N) is 3. The van der Waals surface area contributed by atoms with Gasteiger partial charge in [0.05, 0.1) is 19.5 Å². The highest BCUT2D eigenvalue weighted by Crippen LogP contribution is 2.16. The van der Waals surface area contributed by atoms with Crippen LogP contribution < -0.4 is 21.9 Å². The van der Waals surface area contributed by atoms with Crippen molar-refractivity contribution in [3.05, 3.63) is 16.7 Å². The maximum Gasteiger partial charge on any atom is 0.408 e. The number of H-pyrrole nitrogens is 1. The molecule has 0 saturated heterocycles. The number of hydrogen-bond acceptors (Lipinski definition) is 12. The van der Waals surface area contributed by atoms with Gasteiger partial charge in [0.15, 0.2) is 11.2 Å². The summed E-state index contributed by atoms with van der Waals surface area (Å²) in [7, 11) is 0. The van der Waals surface area contributed by atoms with Gasteiger partial charge in [0, 0.05) is 12.5 Å². The molecule has 2 rings (SSSR count). The van der Waals surface area contributed by atoms with E-state index in [0.717, 1.165) is 0 Å². The van der Waals surface area contributed by atoms with Crippen LogP contribution in [0.15, 0.2) is 11.1 Å². The summed E-state index contributed by atoms with van der Waals surface area (Å²) in [5.41, 5.74) is 4.01. The zero-order valence-electron chi connectivity index (χ0n) is 28.4. The minimum atomic E-state index is -0.992. The van der Waals surface area contributed by atoms with E-state index in [2.05, 4.69) is 25.6 Å². The summed E-state index contributed by atoms with van der Waals surface area (Å²) in [6, 6.07) is -1.96. The topological polar surface area (TPSA) is 219 Å². The van der Waals surface area contributed by atoms with Crippen molar-refractivity contribution in [2.24, 2.45) is 17.8 Å². The number of esters is 2. The molecule has 0 aliphatic carbocycles. The number of ether oxygens (including phenoxy) is 4. The molecule has 0 fully saturated rings. The van der Waals surface area contributed by atoms with Crippen molar-refractivity contribution in [2.45, 2.75) is 105 Å². The molecule has 258 valence electrons. The number of nitrogen functional groups attached to an aromatic ring is 1. The predicted molar refractivity (Wildman–Crippen MR) is 169 cm³/mol. The molecule has 0 radical (unpaired) electrons. The third-order valence-electron chi connectivity index (χ3n) is 6.37. The number of carbonyl (C=O) groups excluding carboxylic acids is 4. The van der Waals surface area contributed by atoms with E-state index < -0.39 is 58.9 Å². The van der Waals surface area contributed by atoms with Crippen molar-refractivity contribution >= 4 is 41.2 Å². The van der Waals surface area contributed by atoms with Gasteiger partial charge in [0.25, 0.3) is 5.56 Å². The third-order valence-corrected chi connectivity index (χ3v) is 6.37. The highest BCUT2D eigenvalue weighted by atomic mass is 16.6. The van der Waals surface area contributed by atoms with E-state index in [1.165, 1.54) is 6.33 Å². The summed E-state index contributed by atoms with van der Waals surface area (Å²) < 4.78 is 23.3. The zero-order chi connectivity index (χ0) is 35.0. The fourth-order valence-electron chi connectivity index (χ4n) is 4.18. The summed E-state index contributed by atoms with van der Waals surface area (Å²) in [6.45, 7) is 17.2. The first-order valence-electron chi connectivity index (χ1n) is 15.2. The van der Waals surface area contributed by atoms with Gasteiger partial charge in [-0.2, -0.15) is 4.98 Å². The predicted octanol–water partition coefficient (Wildman–Crippen LogP) is 2.89. The molecule has 0 aliphatic heterocycles. The highest BCUT2D eigenvalue weighted by molar-refractivity contribution is 5.82. The minimum absolute atomic E-state index is 0.0748. The van der Waals surface area contributed by atoms with Crippen LogP contribution in [-0.4, -0.2) is 80.1 Å². The maximum atomic E-state index is 13.1. The number of carbonyl (C=O) groups is 4. The van der Waals surface area contributed by atoms with Gasteiger partial charge in [-0.3, -0.25) is 9.78 Å². The average molecular weight is 652 g/mol. The Hall–Kier alpha value is -4.37. The fourth-order valence-corrected chi connectivity index (χ4v) is 4.18. The molecule has 0 aliphatic rings. The average Bonchev–Trinajstić information content (AvgIpc) is 3.28. The smallest absolute Gasteiger partial charge is 0.408 e. The van der Waals surface area contributed by atoms with E-state index in [1.807, 2.05) is 0 Å². The molecule has 3 atom stereocenters. The number of nitrogens with one attached hydrogen (secondary N) is 3. The van der Waals surface area contributed by atoms with E-state index >= 15 is 0 Å². The molecular weight excluding hydrogens is 602 g/mol. The summed E-state index contributed by atoms with van der Waals surface area (Å²) in [5, 5.41) is 5.12. The largest absolute Gasteiger partial charge is 0.464 e. The lowest BCUT2D eigenvalue weighted by Crippen LogP contribution is -2.47. The summed E-state index contributed by atoms with van der Waals surface area (Å²) in [4.78, 5) is 73.7. The van der Waals surface area contributed by atoms with Gasteiger partial charge in [-0.05, 0) is 59.8 Å². The molecule has 0 spiro atoms. The second-order valence-corrected chi connectivity index (χ2v) is 13.7. The van der Waals surface area contributed by atoms with Crippen LogP contribution in [-0.2, 0) is 35.1 Å². The zero-order valence-corrected chi connectivity index (χ0v) is 28.4. The van der Waals surface area contributed by atoms with E-state index in [9.17, 15) is 24.0 Å². The maximum absolute atomic E-state index is 13.1. The molecule has 0 aromatic carbocycles. The Bertz CT molecular complexity index is 1420. The van der Waals surface area contributed by atoms with Gasteiger partial charge in [-0.25, -0.2) is 24.2 Å². The van der Waals surface area contributed by atoms with Crippen LogP contribution in [0.4, 0.5) is 15.5 Å². The number of amides is 2. The minimum Gasteiger partial charge on any atom is -0.464 e. The number of nitrogens with two attached hydrogens (primary N) is 1. The Kier molecular flexibility index (Phi) is 13.0. The van der Waals surface area contributed by atoms with Crippen molar-refractivity contribution in [3.63, 3.8) is 0 Å². The molecule has 2 aromatic rings. The number of alkyl carbamates (subject to hydrolysis) is 2. The van der Waals surface area contributed by atoms with Crippen LogP contribution in [0.2, 0.25) is 0 Å². The van der Waals surface area contributed by atoms with Crippen molar-refractivity contribution in [2.75, 3.05) is 18.9 Å². The summed E-state index contributed by atoms with van der Waals surface area (Å²) in [5.74, 6) is -2.52. The molecule has 16 nitrogen and oxygen atoms in total. The van der Waals surface area contributed by atoms with Crippen LogP contribution in [0.25, 0.3) is 11.2 Å². The summed E-state index contributed by atoms with van der Waals surface area (Å²) >= 11 is 0. The molecular formula is C30H49N7O9. The first-order chi connectivity index (χ1) is 21.2. The lowest BCUT2D eigenvalue weighted by atomic mass is 10.0. The van der Waals surface area contributed by atoms with Crippen LogP contribution in [0.3, 0.4) is 0 Å². The Labute approximate surface area is 268 Å². The van der Waals surface area contributed by atoms with E-state index in [0.29, 0.717) is 0 Å². The van der Waals surface area contributed by atoms with Crippen molar-refractivity contribution < 1.29 is 38.1 Å². The number of aromatic amines is 1. The fraction of sp³-hybridized carbons (Fsp3) is 0.700. The Morgan fingerprint density at radius 3 is 1.87 bits per heavy atom. The first-order valence-corrected chi connectivity index (χ1v) is 15.2. The van der Waals surface area contributed by atoms with Gasteiger partial charge < -0.3 is 39.9 Å². The number of fused-ring (bicyclic) bond motifs is 1. The molecule has 2 amide bonds. The lowest BCUT2D eigenvalue weighted by Gasteiger charge is -2.26. The van der Waals surface area contributed by atoms with Gasteiger partial charge >= 0.3 is 24.1 Å². The molecule has 0 saturated carbocycles. The quantitative estimate of drug-likeness (QED) is 0.181. The number of aromatic nitrogens is 4. The monoisotopic (exact) mass is 651 g/mol. The lowest BCUT2D eigenvalue weighted by molar-refractivity contribution is -0.151. The number of rotatable bonds is 13. The van der Waals surface area contributed by atoms with E-state index in [4.69, 9.17) is 24.7 Å². The SMILES string of the molecule is CC(C)[C@H](NC(=O)OC(C)(C)C)C(=O)OCC[C@@H](COC(=O)[C@@H](NC(=O)OC(C)(C)C)C(C)C)Cn1cnc2c(=O)[nH]c(N)nc21. The van der Waals surface area contributed by atoms with Crippen molar-refractivity contribution in [3.8, 4) is 0 Å². The molecule has 0 unspecified atom stereocenters. The Balaban J connectivity index is 2.19. The van der Waals surface area contributed by atoms with Gasteiger partial charge in [0.2, 0.25) is 5.95 Å². The molecule has 0 bridgehead atoms. The molecule has 16 heteroatoms. The second kappa shape index (κ2) is 15.8. The van der Waals surface area contributed by atoms with Crippen LogP contribution in [0, 0.1) is 17.8 Å². The van der Waals surface area contributed by atoms with E-state index in [1.54, 1.807) is 73.8 Å². The second-order valence-electron chi connectivity index (χ2n) is 13.7. The highest BCUT2D eigenvalue weighted by Gasteiger charge is 2.31. The number of hydrogen-bond donors (Lipinski definition) is 4.